The van der Waals surface area contributed by atoms with Crippen molar-refractivity contribution in [2.75, 3.05) is 0 Å². The summed E-state index contributed by atoms with van der Waals surface area (Å²) in [5.74, 6) is -1.24. The molecule has 0 saturated carbocycles. The van der Waals surface area contributed by atoms with Crippen molar-refractivity contribution in [2.24, 2.45) is 0 Å². The van der Waals surface area contributed by atoms with Crippen LogP contribution in [0.1, 0.15) is 35.3 Å². The highest BCUT2D eigenvalue weighted by Crippen LogP contribution is 2.25. The van der Waals surface area contributed by atoms with E-state index in [9.17, 15) is 14.7 Å². The van der Waals surface area contributed by atoms with Crippen molar-refractivity contribution < 1.29 is 24.2 Å². The fourth-order valence-corrected chi connectivity index (χ4v) is 3.41. The summed E-state index contributed by atoms with van der Waals surface area (Å²) in [5.41, 5.74) is 3.44. The molecule has 1 heterocycles. The number of aryl methyl sites for hydroxylation is 1. The van der Waals surface area contributed by atoms with Crippen LogP contribution in [0, 0.1) is 6.92 Å². The van der Waals surface area contributed by atoms with Gasteiger partial charge in [-0.2, -0.15) is 5.10 Å². The van der Waals surface area contributed by atoms with Gasteiger partial charge in [-0.05, 0) is 57.2 Å². The molecule has 0 atom stereocenters. The maximum atomic E-state index is 12.7. The van der Waals surface area contributed by atoms with E-state index in [0.29, 0.717) is 11.3 Å². The standard InChI is InChI=1S/C28H26N2O5/c1-19-9-13-23(14-10-19)30-17-22(25(29-30)20-7-5-4-6-8-20)18-34-26(31)21-11-15-24(16-12-21)35-28(2,3)27(32)33/h4-17H,18H2,1-3H3,(H,32,33). The maximum Gasteiger partial charge on any atom is 0.347 e. The zero-order valence-corrected chi connectivity index (χ0v) is 19.8. The molecular weight excluding hydrogens is 444 g/mol. The Kier molecular flexibility index (Phi) is 6.68. The van der Waals surface area contributed by atoms with Gasteiger partial charge in [0.1, 0.15) is 12.4 Å². The van der Waals surface area contributed by atoms with Gasteiger partial charge in [-0.3, -0.25) is 0 Å². The van der Waals surface area contributed by atoms with Crippen LogP contribution in [-0.2, 0) is 16.1 Å². The Morgan fingerprint density at radius 2 is 1.60 bits per heavy atom. The molecular formula is C28H26N2O5. The molecule has 0 fully saturated rings. The number of ether oxygens (including phenoxy) is 2. The molecule has 7 heteroatoms. The Labute approximate surface area is 203 Å². The maximum absolute atomic E-state index is 12.7. The first-order chi connectivity index (χ1) is 16.7. The van der Waals surface area contributed by atoms with Gasteiger partial charge in [0.25, 0.3) is 0 Å². The topological polar surface area (TPSA) is 90.7 Å². The molecule has 0 saturated heterocycles. The van der Waals surface area contributed by atoms with Crippen LogP contribution in [0.5, 0.6) is 5.75 Å². The Bertz CT molecular complexity index is 1320. The number of hydrogen-bond donors (Lipinski definition) is 1. The van der Waals surface area contributed by atoms with Gasteiger partial charge in [-0.15, -0.1) is 0 Å². The lowest BCUT2D eigenvalue weighted by atomic mass is 10.1. The predicted molar refractivity (Wildman–Crippen MR) is 132 cm³/mol. The highest BCUT2D eigenvalue weighted by Gasteiger charge is 2.29. The van der Waals surface area contributed by atoms with Crippen LogP contribution in [0.25, 0.3) is 16.9 Å². The summed E-state index contributed by atoms with van der Waals surface area (Å²) in [7, 11) is 0. The number of carboxylic acid groups (broad SMARTS) is 1. The smallest absolute Gasteiger partial charge is 0.347 e. The minimum Gasteiger partial charge on any atom is -0.478 e. The Hall–Kier alpha value is -4.39. The van der Waals surface area contributed by atoms with Crippen molar-refractivity contribution in [2.45, 2.75) is 33.0 Å². The summed E-state index contributed by atoms with van der Waals surface area (Å²) < 4.78 is 12.9. The lowest BCUT2D eigenvalue weighted by molar-refractivity contribution is -0.152. The molecule has 35 heavy (non-hydrogen) atoms. The number of aliphatic carboxylic acids is 1. The molecule has 0 aliphatic heterocycles. The second-order valence-corrected chi connectivity index (χ2v) is 8.67. The minimum absolute atomic E-state index is 0.0409. The lowest BCUT2D eigenvalue weighted by Gasteiger charge is -2.21. The monoisotopic (exact) mass is 470 g/mol. The molecule has 3 aromatic carbocycles. The van der Waals surface area contributed by atoms with Crippen LogP contribution >= 0.6 is 0 Å². The van der Waals surface area contributed by atoms with E-state index in [1.165, 1.54) is 13.8 Å². The summed E-state index contributed by atoms with van der Waals surface area (Å²) >= 11 is 0. The highest BCUT2D eigenvalue weighted by atomic mass is 16.5. The van der Waals surface area contributed by atoms with E-state index >= 15 is 0 Å². The highest BCUT2D eigenvalue weighted by molar-refractivity contribution is 5.89. The predicted octanol–water partition coefficient (Wildman–Crippen LogP) is 5.45. The number of aromatic nitrogens is 2. The van der Waals surface area contributed by atoms with Crippen LogP contribution in [-0.4, -0.2) is 32.4 Å². The van der Waals surface area contributed by atoms with E-state index < -0.39 is 17.5 Å². The van der Waals surface area contributed by atoms with Crippen molar-refractivity contribution in [3.63, 3.8) is 0 Å². The van der Waals surface area contributed by atoms with E-state index in [2.05, 4.69) is 0 Å². The minimum atomic E-state index is -1.38. The van der Waals surface area contributed by atoms with E-state index in [1.807, 2.05) is 67.7 Å². The third kappa shape index (κ3) is 5.58. The van der Waals surface area contributed by atoms with Crippen LogP contribution in [0.4, 0.5) is 0 Å². The van der Waals surface area contributed by atoms with E-state index in [1.54, 1.807) is 28.9 Å². The number of esters is 1. The van der Waals surface area contributed by atoms with E-state index in [0.717, 1.165) is 28.1 Å². The third-order valence-electron chi connectivity index (χ3n) is 5.47. The molecule has 0 bridgehead atoms. The summed E-state index contributed by atoms with van der Waals surface area (Å²) in [6.07, 6.45) is 1.87. The summed E-state index contributed by atoms with van der Waals surface area (Å²) in [6.45, 7) is 4.98. The van der Waals surface area contributed by atoms with Gasteiger partial charge in [0.15, 0.2) is 5.60 Å². The molecule has 4 aromatic rings. The van der Waals surface area contributed by atoms with Gasteiger partial charge >= 0.3 is 11.9 Å². The zero-order chi connectivity index (χ0) is 25.0. The Morgan fingerprint density at radius 1 is 0.943 bits per heavy atom. The summed E-state index contributed by atoms with van der Waals surface area (Å²) in [4.78, 5) is 24.0. The largest absolute Gasteiger partial charge is 0.478 e. The van der Waals surface area contributed by atoms with Crippen molar-refractivity contribution in [1.29, 1.82) is 0 Å². The van der Waals surface area contributed by atoms with Gasteiger partial charge in [0.05, 0.1) is 16.9 Å². The molecule has 0 aliphatic carbocycles. The molecule has 178 valence electrons. The molecule has 0 unspecified atom stereocenters. The fourth-order valence-electron chi connectivity index (χ4n) is 3.41. The molecule has 0 amide bonds. The average Bonchev–Trinajstić information content (AvgIpc) is 3.28. The van der Waals surface area contributed by atoms with Crippen molar-refractivity contribution in [3.8, 4) is 22.7 Å². The number of hydrogen-bond acceptors (Lipinski definition) is 5. The van der Waals surface area contributed by atoms with Crippen LogP contribution in [0.3, 0.4) is 0 Å². The Morgan fingerprint density at radius 3 is 2.23 bits per heavy atom. The van der Waals surface area contributed by atoms with Gasteiger partial charge in [-0.1, -0.05) is 48.0 Å². The van der Waals surface area contributed by atoms with Crippen LogP contribution < -0.4 is 4.74 Å². The Balaban J connectivity index is 1.52. The molecule has 1 N–H and O–H groups in total. The average molecular weight is 471 g/mol. The number of rotatable bonds is 8. The number of benzene rings is 3. The van der Waals surface area contributed by atoms with Crippen LogP contribution in [0.15, 0.2) is 85.1 Å². The number of carboxylic acids is 1. The number of carbonyl (C=O) groups excluding carboxylic acids is 1. The molecule has 0 spiro atoms. The molecule has 7 nitrogen and oxygen atoms in total. The van der Waals surface area contributed by atoms with Crippen molar-refractivity contribution in [3.05, 3.63) is 102 Å². The quantitative estimate of drug-likeness (QED) is 0.345. The first kappa shape index (κ1) is 23.8. The van der Waals surface area contributed by atoms with Crippen LogP contribution in [0.2, 0.25) is 0 Å². The molecule has 4 rings (SSSR count). The second kappa shape index (κ2) is 9.85. The van der Waals surface area contributed by atoms with Crippen molar-refractivity contribution in [1.82, 2.24) is 9.78 Å². The van der Waals surface area contributed by atoms with Gasteiger partial charge < -0.3 is 14.6 Å². The second-order valence-electron chi connectivity index (χ2n) is 8.67. The van der Waals surface area contributed by atoms with Gasteiger partial charge in [0.2, 0.25) is 0 Å². The number of nitrogens with zero attached hydrogens (tertiary/aromatic N) is 2. The first-order valence-electron chi connectivity index (χ1n) is 11.1. The van der Waals surface area contributed by atoms with E-state index in [-0.39, 0.29) is 6.61 Å². The zero-order valence-electron chi connectivity index (χ0n) is 19.8. The normalized spacial score (nSPS) is 11.2. The fraction of sp³-hybridized carbons (Fsp3) is 0.179. The lowest BCUT2D eigenvalue weighted by Crippen LogP contribution is -2.37. The molecule has 1 aromatic heterocycles. The van der Waals surface area contributed by atoms with Gasteiger partial charge in [-0.25, -0.2) is 14.3 Å². The SMILES string of the molecule is Cc1ccc(-n2cc(COC(=O)c3ccc(OC(C)(C)C(=O)O)cc3)c(-c3ccccc3)n2)cc1. The third-order valence-corrected chi connectivity index (χ3v) is 5.47. The van der Waals surface area contributed by atoms with E-state index in [4.69, 9.17) is 14.6 Å². The number of carbonyl (C=O) groups is 2. The molecule has 0 aliphatic rings. The van der Waals surface area contributed by atoms with Crippen molar-refractivity contribution >= 4 is 11.9 Å². The summed E-state index contributed by atoms with van der Waals surface area (Å²) in [6, 6.07) is 23.9. The first-order valence-corrected chi connectivity index (χ1v) is 11.1. The summed E-state index contributed by atoms with van der Waals surface area (Å²) in [5, 5.41) is 14.0. The molecule has 0 radical (unpaired) electrons. The van der Waals surface area contributed by atoms with Gasteiger partial charge in [0, 0.05) is 17.3 Å².